The Morgan fingerprint density at radius 1 is 1.78 bits per heavy atom. The molecule has 0 saturated heterocycles. The lowest BCUT2D eigenvalue weighted by Gasteiger charge is -2.09. The summed E-state index contributed by atoms with van der Waals surface area (Å²) in [6.07, 6.45) is -1.40. The van der Waals surface area contributed by atoms with Gasteiger partial charge in [0, 0.05) is 6.54 Å². The van der Waals surface area contributed by atoms with Gasteiger partial charge in [-0.3, -0.25) is 4.79 Å². The van der Waals surface area contributed by atoms with Crippen LogP contribution in [0.2, 0.25) is 0 Å². The summed E-state index contributed by atoms with van der Waals surface area (Å²) in [6, 6.07) is -1.05. The lowest BCUT2D eigenvalue weighted by molar-refractivity contribution is -0.119. The van der Waals surface area contributed by atoms with Crippen LogP contribution in [0, 0.1) is 0 Å². The molecule has 0 heterocycles. The minimum atomic E-state index is -1.40. The summed E-state index contributed by atoms with van der Waals surface area (Å²) in [5, 5.41) is 0. The quantitative estimate of drug-likeness (QED) is 0.531. The van der Waals surface area contributed by atoms with E-state index in [0.29, 0.717) is 0 Å². The Labute approximate surface area is 53.2 Å². The number of hydrogen-bond donors (Lipinski definition) is 2. The van der Waals surface area contributed by atoms with E-state index in [0.717, 1.165) is 0 Å². The van der Waals surface area contributed by atoms with Crippen molar-refractivity contribution in [1.82, 2.24) is 0 Å². The zero-order valence-corrected chi connectivity index (χ0v) is 5.30. The number of rotatable bonds is 3. The average molecular weight is 134 g/mol. The second kappa shape index (κ2) is 3.53. The van der Waals surface area contributed by atoms with Crippen molar-refractivity contribution in [3.05, 3.63) is 0 Å². The summed E-state index contributed by atoms with van der Waals surface area (Å²) in [4.78, 5) is 10.3. The summed E-state index contributed by atoms with van der Waals surface area (Å²) < 4.78 is 12.3. The minimum absolute atomic E-state index is 0.194. The molecule has 0 fully saturated rings. The molecule has 0 bridgehead atoms. The molecule has 0 aromatic heterocycles. The Morgan fingerprint density at radius 2 is 2.22 bits per heavy atom. The van der Waals surface area contributed by atoms with E-state index >= 15 is 0 Å². The predicted octanol–water partition coefficient (Wildman–Crippen LogP) is -0.800. The van der Waals surface area contributed by atoms with Gasteiger partial charge in [-0.2, -0.15) is 0 Å². The van der Waals surface area contributed by atoms with Crippen molar-refractivity contribution in [1.29, 1.82) is 0 Å². The monoisotopic (exact) mass is 134 g/mol. The molecule has 54 valence electrons. The fourth-order valence-corrected chi connectivity index (χ4v) is 0.401. The van der Waals surface area contributed by atoms with Crippen molar-refractivity contribution >= 4 is 5.78 Å². The number of Topliss-reactive ketones (excluding diaryl/α,β-unsaturated/α-hetero) is 1. The van der Waals surface area contributed by atoms with E-state index in [-0.39, 0.29) is 12.3 Å². The Kier molecular flexibility index (Phi) is 3.34. The zero-order chi connectivity index (χ0) is 7.44. The Balaban J connectivity index is 3.72. The molecule has 0 saturated carbocycles. The lowest BCUT2D eigenvalue weighted by Crippen LogP contribution is -2.41. The third-order valence-electron chi connectivity index (χ3n) is 1.08. The molecular weight excluding hydrogens is 123 g/mol. The largest absolute Gasteiger partial charge is 0.328 e. The summed E-state index contributed by atoms with van der Waals surface area (Å²) >= 11 is 0. The van der Waals surface area contributed by atoms with Gasteiger partial charge in [-0.05, 0) is 6.92 Å². The maximum atomic E-state index is 12.3. The molecule has 0 radical (unpaired) electrons. The maximum Gasteiger partial charge on any atom is 0.149 e. The lowest BCUT2D eigenvalue weighted by atomic mass is 10.1. The molecule has 3 nitrogen and oxygen atoms in total. The van der Waals surface area contributed by atoms with Gasteiger partial charge in [0.05, 0.1) is 6.04 Å². The SMILES string of the molecule is CC(=O)C(N)C(F)CN. The Bertz CT molecular complexity index is 107. The van der Waals surface area contributed by atoms with Crippen LogP contribution in [0.4, 0.5) is 4.39 Å². The molecule has 4 N–H and O–H groups in total. The maximum absolute atomic E-state index is 12.3. The molecule has 4 heteroatoms. The van der Waals surface area contributed by atoms with Gasteiger partial charge in [-0.1, -0.05) is 0 Å². The summed E-state index contributed by atoms with van der Waals surface area (Å²) in [7, 11) is 0. The highest BCUT2D eigenvalue weighted by Gasteiger charge is 2.18. The van der Waals surface area contributed by atoms with E-state index in [2.05, 4.69) is 0 Å². The number of nitrogens with two attached hydrogens (primary N) is 2. The van der Waals surface area contributed by atoms with Crippen LogP contribution >= 0.6 is 0 Å². The fraction of sp³-hybridized carbons (Fsp3) is 0.800. The van der Waals surface area contributed by atoms with Crippen LogP contribution < -0.4 is 11.5 Å². The van der Waals surface area contributed by atoms with Crippen molar-refractivity contribution in [3.63, 3.8) is 0 Å². The first-order valence-electron chi connectivity index (χ1n) is 2.69. The number of ketones is 1. The van der Waals surface area contributed by atoms with Gasteiger partial charge in [-0.25, -0.2) is 4.39 Å². The normalized spacial score (nSPS) is 16.9. The fourth-order valence-electron chi connectivity index (χ4n) is 0.401. The number of hydrogen-bond acceptors (Lipinski definition) is 3. The van der Waals surface area contributed by atoms with E-state index in [1.54, 1.807) is 0 Å². The molecule has 0 aliphatic carbocycles. The first-order chi connectivity index (χ1) is 4.09. The molecule has 0 aliphatic heterocycles. The third kappa shape index (κ3) is 2.53. The van der Waals surface area contributed by atoms with Crippen LogP contribution in [0.3, 0.4) is 0 Å². The molecule has 0 spiro atoms. The number of halogens is 1. The van der Waals surface area contributed by atoms with Crippen LogP contribution in [0.5, 0.6) is 0 Å². The van der Waals surface area contributed by atoms with Crippen LogP contribution in [0.15, 0.2) is 0 Å². The Hall–Kier alpha value is -0.480. The highest BCUT2D eigenvalue weighted by molar-refractivity contribution is 5.81. The van der Waals surface area contributed by atoms with E-state index in [1.807, 2.05) is 0 Å². The van der Waals surface area contributed by atoms with E-state index in [1.165, 1.54) is 6.92 Å². The highest BCUT2D eigenvalue weighted by atomic mass is 19.1. The highest BCUT2D eigenvalue weighted by Crippen LogP contribution is 1.94. The molecule has 2 atom stereocenters. The number of carbonyl (C=O) groups is 1. The van der Waals surface area contributed by atoms with Crippen molar-refractivity contribution in [3.8, 4) is 0 Å². The van der Waals surface area contributed by atoms with Gasteiger partial charge in [0.25, 0.3) is 0 Å². The van der Waals surface area contributed by atoms with Crippen molar-refractivity contribution in [2.24, 2.45) is 11.5 Å². The minimum Gasteiger partial charge on any atom is -0.328 e. The topological polar surface area (TPSA) is 69.1 Å². The van der Waals surface area contributed by atoms with Crippen molar-refractivity contribution in [2.45, 2.75) is 19.1 Å². The van der Waals surface area contributed by atoms with E-state index in [9.17, 15) is 9.18 Å². The van der Waals surface area contributed by atoms with Crippen LogP contribution in [-0.4, -0.2) is 24.5 Å². The van der Waals surface area contributed by atoms with Gasteiger partial charge in [0.2, 0.25) is 0 Å². The summed E-state index contributed by atoms with van der Waals surface area (Å²) in [6.45, 7) is 1.05. The van der Waals surface area contributed by atoms with Gasteiger partial charge < -0.3 is 11.5 Å². The number of carbonyl (C=O) groups excluding carboxylic acids is 1. The standard InChI is InChI=1S/C5H11FN2O/c1-3(9)5(8)4(6)2-7/h4-5H,2,7-8H2,1H3. The smallest absolute Gasteiger partial charge is 0.149 e. The number of alkyl halides is 1. The van der Waals surface area contributed by atoms with Gasteiger partial charge in [0.1, 0.15) is 12.0 Å². The summed E-state index contributed by atoms with van der Waals surface area (Å²) in [5.74, 6) is -0.368. The molecule has 0 aromatic carbocycles. The molecule has 0 aromatic rings. The third-order valence-corrected chi connectivity index (χ3v) is 1.08. The van der Waals surface area contributed by atoms with Crippen LogP contribution in [-0.2, 0) is 4.79 Å². The second-order valence-corrected chi connectivity index (χ2v) is 1.89. The van der Waals surface area contributed by atoms with Gasteiger partial charge >= 0.3 is 0 Å². The van der Waals surface area contributed by atoms with Crippen LogP contribution in [0.1, 0.15) is 6.92 Å². The molecular formula is C5H11FN2O. The van der Waals surface area contributed by atoms with Gasteiger partial charge in [-0.15, -0.1) is 0 Å². The molecule has 0 amide bonds. The second-order valence-electron chi connectivity index (χ2n) is 1.89. The van der Waals surface area contributed by atoms with E-state index in [4.69, 9.17) is 11.5 Å². The van der Waals surface area contributed by atoms with Gasteiger partial charge in [0.15, 0.2) is 0 Å². The van der Waals surface area contributed by atoms with Crippen molar-refractivity contribution < 1.29 is 9.18 Å². The molecule has 9 heavy (non-hydrogen) atoms. The van der Waals surface area contributed by atoms with E-state index < -0.39 is 12.2 Å². The molecule has 0 aliphatic rings. The van der Waals surface area contributed by atoms with Crippen molar-refractivity contribution in [2.75, 3.05) is 6.54 Å². The average Bonchev–Trinajstić information content (AvgIpc) is 1.84. The summed E-state index contributed by atoms with van der Waals surface area (Å²) in [5.41, 5.74) is 9.97. The zero-order valence-electron chi connectivity index (χ0n) is 5.30. The predicted molar refractivity (Wildman–Crippen MR) is 32.6 cm³/mol. The first-order valence-corrected chi connectivity index (χ1v) is 2.69. The molecule has 0 rings (SSSR count). The first kappa shape index (κ1) is 8.52. The van der Waals surface area contributed by atoms with Crippen LogP contribution in [0.25, 0.3) is 0 Å². The molecule has 2 unspecified atom stereocenters. The Morgan fingerprint density at radius 3 is 2.33 bits per heavy atom.